The van der Waals surface area contributed by atoms with Crippen LogP contribution in [0.4, 0.5) is 0 Å². The fraction of sp³-hybridized carbons (Fsp3) is 0.636. The summed E-state index contributed by atoms with van der Waals surface area (Å²) in [6, 6.07) is -6.10. The van der Waals surface area contributed by atoms with Gasteiger partial charge in [-0.2, -0.15) is 0 Å². The first kappa shape index (κ1) is 33.1. The van der Waals surface area contributed by atoms with E-state index in [9.17, 15) is 43.5 Å². The lowest BCUT2D eigenvalue weighted by Crippen LogP contribution is -2.60. The van der Waals surface area contributed by atoms with Crippen LogP contribution in [0.5, 0.6) is 0 Å². The van der Waals surface area contributed by atoms with Gasteiger partial charge in [0.15, 0.2) is 6.29 Å². The Hall–Kier alpha value is -3.88. The molecule has 4 amide bonds. The molecule has 0 fully saturated rings. The molecule has 0 saturated heterocycles. The zero-order chi connectivity index (χ0) is 28.9. The normalized spacial score (nSPS) is 15.5. The second kappa shape index (κ2) is 16.0. The van der Waals surface area contributed by atoms with Crippen LogP contribution in [-0.2, 0) is 38.4 Å². The maximum atomic E-state index is 12.9. The van der Waals surface area contributed by atoms with Crippen molar-refractivity contribution < 1.29 is 53.7 Å². The number of ketones is 1. The molecule has 15 heteroatoms. The van der Waals surface area contributed by atoms with Gasteiger partial charge in [-0.3, -0.25) is 38.4 Å². The van der Waals surface area contributed by atoms with Crippen molar-refractivity contribution in [2.24, 2.45) is 5.92 Å². The number of carboxylic acids is 2. The van der Waals surface area contributed by atoms with Crippen LogP contribution in [0.25, 0.3) is 0 Å². The van der Waals surface area contributed by atoms with Crippen molar-refractivity contribution >= 4 is 47.6 Å². The smallest absolute Gasteiger partial charge is 0.305 e. The Labute approximate surface area is 212 Å². The van der Waals surface area contributed by atoms with Crippen LogP contribution >= 0.6 is 0 Å². The summed E-state index contributed by atoms with van der Waals surface area (Å²) in [5.41, 5.74) is 0. The highest BCUT2D eigenvalue weighted by atomic mass is 16.4. The van der Waals surface area contributed by atoms with Crippen LogP contribution < -0.4 is 21.3 Å². The molecule has 0 aromatic heterocycles. The number of carbonyl (C=O) groups is 8. The third-order valence-electron chi connectivity index (χ3n) is 5.35. The Morgan fingerprint density at radius 1 is 0.784 bits per heavy atom. The Morgan fingerprint density at radius 2 is 1.32 bits per heavy atom. The number of nitrogens with one attached hydrogen (secondary N) is 4. The number of rotatable bonds is 17. The Morgan fingerprint density at radius 3 is 1.76 bits per heavy atom. The average Bonchev–Trinajstić information content (AvgIpc) is 2.80. The van der Waals surface area contributed by atoms with E-state index in [1.54, 1.807) is 13.8 Å². The maximum Gasteiger partial charge on any atom is 0.305 e. The third-order valence-corrected chi connectivity index (χ3v) is 5.35. The SMILES string of the molecule is CC[C@H](C)[C@H](NC(C)=O)C(=O)N[C@@H](CCC(=O)O)C(=O)N[C@H](C(=O)N[C@@H](CC(=O)O)C(=O)C=O)[C@@H](C)O. The first-order chi connectivity index (χ1) is 17.1. The van der Waals surface area contributed by atoms with Crippen molar-refractivity contribution in [3.05, 3.63) is 0 Å². The topological polar surface area (TPSA) is 245 Å². The van der Waals surface area contributed by atoms with E-state index >= 15 is 0 Å². The fourth-order valence-corrected chi connectivity index (χ4v) is 3.12. The zero-order valence-corrected chi connectivity index (χ0v) is 21.0. The highest BCUT2D eigenvalue weighted by Crippen LogP contribution is 2.10. The second-order valence-electron chi connectivity index (χ2n) is 8.46. The Balaban J connectivity index is 5.83. The van der Waals surface area contributed by atoms with Gasteiger partial charge >= 0.3 is 11.9 Å². The van der Waals surface area contributed by atoms with Crippen molar-refractivity contribution in [3.8, 4) is 0 Å². The number of hydrogen-bond donors (Lipinski definition) is 7. The summed E-state index contributed by atoms with van der Waals surface area (Å²) in [4.78, 5) is 94.4. The van der Waals surface area contributed by atoms with Crippen LogP contribution in [0, 0.1) is 5.92 Å². The predicted octanol–water partition coefficient (Wildman–Crippen LogP) is -2.52. The molecule has 6 atom stereocenters. The van der Waals surface area contributed by atoms with Gasteiger partial charge in [-0.05, 0) is 19.3 Å². The van der Waals surface area contributed by atoms with E-state index in [0.717, 1.165) is 6.92 Å². The molecule has 7 N–H and O–H groups in total. The molecule has 0 aliphatic carbocycles. The van der Waals surface area contributed by atoms with Gasteiger partial charge in [0.05, 0.1) is 12.5 Å². The van der Waals surface area contributed by atoms with E-state index in [4.69, 9.17) is 10.2 Å². The van der Waals surface area contributed by atoms with Gasteiger partial charge in [0.1, 0.15) is 24.2 Å². The van der Waals surface area contributed by atoms with Crippen molar-refractivity contribution in [1.29, 1.82) is 0 Å². The number of amides is 4. The molecule has 0 aliphatic heterocycles. The fourth-order valence-electron chi connectivity index (χ4n) is 3.12. The predicted molar refractivity (Wildman–Crippen MR) is 125 cm³/mol. The largest absolute Gasteiger partial charge is 0.481 e. The van der Waals surface area contributed by atoms with Crippen molar-refractivity contribution in [2.45, 2.75) is 83.6 Å². The number of carboxylic acid groups (broad SMARTS) is 2. The molecule has 0 aromatic carbocycles. The van der Waals surface area contributed by atoms with Crippen LogP contribution in [0.3, 0.4) is 0 Å². The van der Waals surface area contributed by atoms with E-state index in [1.807, 2.05) is 5.32 Å². The lowest BCUT2D eigenvalue weighted by molar-refractivity contribution is -0.142. The summed E-state index contributed by atoms with van der Waals surface area (Å²) < 4.78 is 0. The van der Waals surface area contributed by atoms with Gasteiger partial charge in [-0.15, -0.1) is 0 Å². The lowest BCUT2D eigenvalue weighted by Gasteiger charge is -2.28. The quantitative estimate of drug-likeness (QED) is 0.0763. The van der Waals surface area contributed by atoms with Gasteiger partial charge < -0.3 is 36.6 Å². The number of carbonyl (C=O) groups excluding carboxylic acids is 6. The van der Waals surface area contributed by atoms with Gasteiger partial charge in [0.2, 0.25) is 29.4 Å². The standard InChI is InChI=1S/C22H34N4O11/c1-5-10(2)18(23-12(4)29)21(36)24-13(6-7-16(31)32)20(35)26-19(11(3)28)22(37)25-14(8-17(33)34)15(30)9-27/h9-11,13-14,18-19,28H,5-8H2,1-4H3,(H,23,29)(H,24,36)(H,25,37)(H,26,35)(H,31,32)(H,33,34)/t10-,11+,13-,14-,18-,19-/m0/s1. The number of aliphatic hydroxyl groups excluding tert-OH is 1. The molecule has 37 heavy (non-hydrogen) atoms. The summed E-state index contributed by atoms with van der Waals surface area (Å²) in [7, 11) is 0. The number of aliphatic hydroxyl groups is 1. The van der Waals surface area contributed by atoms with E-state index in [0.29, 0.717) is 6.42 Å². The van der Waals surface area contributed by atoms with Gasteiger partial charge in [0, 0.05) is 13.3 Å². The summed E-state index contributed by atoms with van der Waals surface area (Å²) in [6.07, 6.45) is -3.23. The van der Waals surface area contributed by atoms with E-state index < -0.39 is 90.9 Å². The molecule has 0 spiro atoms. The molecule has 0 heterocycles. The average molecular weight is 531 g/mol. The van der Waals surface area contributed by atoms with Crippen molar-refractivity contribution in [2.75, 3.05) is 0 Å². The van der Waals surface area contributed by atoms with Gasteiger partial charge in [0.25, 0.3) is 0 Å². The molecular formula is C22H34N4O11. The zero-order valence-electron chi connectivity index (χ0n) is 21.0. The summed E-state index contributed by atoms with van der Waals surface area (Å²) in [5.74, 6) is -7.99. The molecule has 0 radical (unpaired) electrons. The third kappa shape index (κ3) is 12.1. The minimum Gasteiger partial charge on any atom is -0.481 e. The lowest BCUT2D eigenvalue weighted by atomic mass is 9.97. The van der Waals surface area contributed by atoms with E-state index in [-0.39, 0.29) is 12.2 Å². The Bertz CT molecular complexity index is 890. The monoisotopic (exact) mass is 530 g/mol. The highest BCUT2D eigenvalue weighted by molar-refractivity contribution is 6.28. The highest BCUT2D eigenvalue weighted by Gasteiger charge is 2.34. The van der Waals surface area contributed by atoms with Crippen LogP contribution in [0.15, 0.2) is 0 Å². The van der Waals surface area contributed by atoms with Crippen LogP contribution in [-0.4, -0.2) is 93.2 Å². The molecule has 0 unspecified atom stereocenters. The molecule has 0 saturated carbocycles. The molecular weight excluding hydrogens is 496 g/mol. The van der Waals surface area contributed by atoms with E-state index in [2.05, 4.69) is 16.0 Å². The molecule has 0 aromatic rings. The maximum absolute atomic E-state index is 12.9. The molecule has 0 aliphatic rings. The van der Waals surface area contributed by atoms with Crippen LogP contribution in [0.2, 0.25) is 0 Å². The molecule has 208 valence electrons. The van der Waals surface area contributed by atoms with Gasteiger partial charge in [-0.25, -0.2) is 0 Å². The van der Waals surface area contributed by atoms with Gasteiger partial charge in [-0.1, -0.05) is 20.3 Å². The molecule has 15 nitrogen and oxygen atoms in total. The number of hydrogen-bond acceptors (Lipinski definition) is 9. The van der Waals surface area contributed by atoms with Crippen molar-refractivity contribution in [3.63, 3.8) is 0 Å². The summed E-state index contributed by atoms with van der Waals surface area (Å²) in [5, 5.41) is 36.9. The van der Waals surface area contributed by atoms with E-state index in [1.165, 1.54) is 6.92 Å². The number of aliphatic carboxylic acids is 2. The van der Waals surface area contributed by atoms with Crippen LogP contribution in [0.1, 0.15) is 53.4 Å². The minimum atomic E-state index is -1.77. The summed E-state index contributed by atoms with van der Waals surface area (Å²) in [6.45, 7) is 5.73. The number of aldehydes is 1. The molecule has 0 bridgehead atoms. The van der Waals surface area contributed by atoms with Crippen molar-refractivity contribution in [1.82, 2.24) is 21.3 Å². The number of Topliss-reactive ketones (excluding diaryl/α,β-unsaturated/α-hetero) is 1. The molecule has 0 rings (SSSR count). The summed E-state index contributed by atoms with van der Waals surface area (Å²) >= 11 is 0. The minimum absolute atomic E-state index is 0.190. The Kier molecular flexibility index (Phi) is 14.3. The second-order valence-corrected chi connectivity index (χ2v) is 8.46. The first-order valence-electron chi connectivity index (χ1n) is 11.4. The first-order valence-corrected chi connectivity index (χ1v) is 11.4.